The van der Waals surface area contributed by atoms with E-state index in [9.17, 15) is 9.18 Å². The van der Waals surface area contributed by atoms with Crippen LogP contribution in [0, 0.1) is 5.82 Å². The predicted molar refractivity (Wildman–Crippen MR) is 99.7 cm³/mol. The minimum absolute atomic E-state index is 0.287. The van der Waals surface area contributed by atoms with Crippen LogP contribution in [-0.2, 0) is 7.05 Å². The van der Waals surface area contributed by atoms with Crippen molar-refractivity contribution in [3.63, 3.8) is 0 Å². The number of aromatic nitrogens is 2. The first-order chi connectivity index (χ1) is 12.5. The van der Waals surface area contributed by atoms with Crippen molar-refractivity contribution in [1.82, 2.24) is 14.9 Å². The lowest BCUT2D eigenvalue weighted by molar-refractivity contribution is 0.0940. The van der Waals surface area contributed by atoms with Gasteiger partial charge in [-0.3, -0.25) is 4.79 Å². The van der Waals surface area contributed by atoms with Crippen molar-refractivity contribution in [2.24, 2.45) is 7.05 Å². The molecule has 1 atom stereocenters. The summed E-state index contributed by atoms with van der Waals surface area (Å²) in [6, 6.07) is 13.0. The van der Waals surface area contributed by atoms with Gasteiger partial charge in [-0.05, 0) is 24.3 Å². The van der Waals surface area contributed by atoms with Crippen LogP contribution in [0.4, 0.5) is 10.1 Å². The Morgan fingerprint density at radius 1 is 1.19 bits per heavy atom. The first-order valence-corrected chi connectivity index (χ1v) is 8.27. The molecule has 1 aromatic heterocycles. The highest BCUT2D eigenvalue weighted by Crippen LogP contribution is 2.24. The number of imidazole rings is 1. The third-order valence-corrected chi connectivity index (χ3v) is 4.23. The zero-order valence-corrected chi connectivity index (χ0v) is 15.0. The highest BCUT2D eigenvalue weighted by Gasteiger charge is 2.24. The minimum atomic E-state index is -0.688. The lowest BCUT2D eigenvalue weighted by Gasteiger charge is -2.20. The van der Waals surface area contributed by atoms with Crippen molar-refractivity contribution in [2.45, 2.75) is 6.04 Å². The van der Waals surface area contributed by atoms with E-state index in [4.69, 9.17) is 0 Å². The smallest absolute Gasteiger partial charge is 0.252 e. The van der Waals surface area contributed by atoms with Gasteiger partial charge in [0.15, 0.2) is 0 Å². The zero-order valence-electron chi connectivity index (χ0n) is 15.0. The van der Waals surface area contributed by atoms with E-state index in [-0.39, 0.29) is 11.7 Å². The Kier molecular flexibility index (Phi) is 5.02. The average Bonchev–Trinajstić information content (AvgIpc) is 3.06. The summed E-state index contributed by atoms with van der Waals surface area (Å²) >= 11 is 0. The molecule has 1 amide bonds. The van der Waals surface area contributed by atoms with Gasteiger partial charge in [-0.15, -0.1) is 0 Å². The van der Waals surface area contributed by atoms with Crippen molar-refractivity contribution >= 4 is 11.6 Å². The van der Waals surface area contributed by atoms with Crippen molar-refractivity contribution in [2.75, 3.05) is 19.0 Å². The van der Waals surface area contributed by atoms with Gasteiger partial charge in [-0.2, -0.15) is 0 Å². The normalized spacial score (nSPS) is 11.8. The van der Waals surface area contributed by atoms with Gasteiger partial charge in [0.25, 0.3) is 5.91 Å². The summed E-state index contributed by atoms with van der Waals surface area (Å²) in [6.45, 7) is 0. The first-order valence-electron chi connectivity index (χ1n) is 8.27. The molecule has 0 aliphatic heterocycles. The molecular formula is C20H21FN4O. The molecular weight excluding hydrogens is 331 g/mol. The molecule has 6 heteroatoms. The Bertz CT molecular complexity index is 919. The van der Waals surface area contributed by atoms with Crippen LogP contribution < -0.4 is 10.2 Å². The average molecular weight is 352 g/mol. The van der Waals surface area contributed by atoms with Crippen molar-refractivity contribution in [3.8, 4) is 0 Å². The molecule has 0 aliphatic carbocycles. The molecule has 134 valence electrons. The molecule has 0 saturated carbocycles. The molecule has 0 aliphatic rings. The maximum atomic E-state index is 14.4. The fraction of sp³-hybridized carbons (Fsp3) is 0.200. The third kappa shape index (κ3) is 3.59. The fourth-order valence-electron chi connectivity index (χ4n) is 2.79. The summed E-state index contributed by atoms with van der Waals surface area (Å²) in [6.07, 6.45) is 3.39. The van der Waals surface area contributed by atoms with Crippen LogP contribution >= 0.6 is 0 Å². The van der Waals surface area contributed by atoms with Crippen LogP contribution in [0.2, 0.25) is 0 Å². The van der Waals surface area contributed by atoms with Crippen LogP contribution in [0.3, 0.4) is 0 Å². The maximum Gasteiger partial charge on any atom is 0.252 e. The number of anilines is 1. The fourth-order valence-corrected chi connectivity index (χ4v) is 2.79. The summed E-state index contributed by atoms with van der Waals surface area (Å²) < 4.78 is 16.2. The summed E-state index contributed by atoms with van der Waals surface area (Å²) in [7, 11) is 5.63. The molecule has 0 radical (unpaired) electrons. The largest absolute Gasteiger partial charge is 0.378 e. The first kappa shape index (κ1) is 17.7. The second-order valence-electron chi connectivity index (χ2n) is 6.27. The summed E-state index contributed by atoms with van der Waals surface area (Å²) in [4.78, 5) is 19.1. The predicted octanol–water partition coefficient (Wildman–Crippen LogP) is 3.14. The maximum absolute atomic E-state index is 14.4. The Hall–Kier alpha value is -3.15. The van der Waals surface area contributed by atoms with Gasteiger partial charge in [0.05, 0.1) is 0 Å². The number of benzene rings is 2. The Balaban J connectivity index is 1.96. The van der Waals surface area contributed by atoms with Gasteiger partial charge in [0.1, 0.15) is 17.7 Å². The Morgan fingerprint density at radius 3 is 2.62 bits per heavy atom. The topological polar surface area (TPSA) is 50.2 Å². The molecule has 3 rings (SSSR count). The number of hydrogen-bond acceptors (Lipinski definition) is 3. The van der Waals surface area contributed by atoms with E-state index in [1.165, 1.54) is 6.07 Å². The minimum Gasteiger partial charge on any atom is -0.378 e. The lowest BCUT2D eigenvalue weighted by Crippen LogP contribution is -2.31. The van der Waals surface area contributed by atoms with Gasteiger partial charge in [-0.25, -0.2) is 9.37 Å². The number of carbonyl (C=O) groups is 1. The third-order valence-electron chi connectivity index (χ3n) is 4.23. The van der Waals surface area contributed by atoms with Gasteiger partial charge < -0.3 is 14.8 Å². The molecule has 0 saturated heterocycles. The van der Waals surface area contributed by atoms with E-state index in [1.54, 1.807) is 47.3 Å². The molecule has 1 N–H and O–H groups in total. The van der Waals surface area contributed by atoms with Crippen LogP contribution in [-0.4, -0.2) is 29.6 Å². The number of rotatable bonds is 5. The number of hydrogen-bond donors (Lipinski definition) is 1. The molecule has 2 aromatic carbocycles. The van der Waals surface area contributed by atoms with E-state index in [0.717, 1.165) is 5.69 Å². The van der Waals surface area contributed by atoms with Gasteiger partial charge in [-0.1, -0.05) is 24.3 Å². The monoisotopic (exact) mass is 352 g/mol. The van der Waals surface area contributed by atoms with Crippen molar-refractivity contribution < 1.29 is 9.18 Å². The summed E-state index contributed by atoms with van der Waals surface area (Å²) in [5.41, 5.74) is 1.79. The zero-order chi connectivity index (χ0) is 18.7. The molecule has 0 spiro atoms. The molecule has 5 nitrogen and oxygen atoms in total. The van der Waals surface area contributed by atoms with Crippen LogP contribution in [0.5, 0.6) is 0 Å². The van der Waals surface area contributed by atoms with Crippen LogP contribution in [0.15, 0.2) is 60.9 Å². The molecule has 0 fully saturated rings. The highest BCUT2D eigenvalue weighted by molar-refractivity contribution is 5.95. The van der Waals surface area contributed by atoms with Crippen molar-refractivity contribution in [3.05, 3.63) is 83.7 Å². The van der Waals surface area contributed by atoms with E-state index >= 15 is 0 Å². The van der Waals surface area contributed by atoms with Gasteiger partial charge in [0.2, 0.25) is 0 Å². The number of amides is 1. The molecule has 1 unspecified atom stereocenters. The van der Waals surface area contributed by atoms with Gasteiger partial charge >= 0.3 is 0 Å². The Morgan fingerprint density at radius 2 is 1.96 bits per heavy atom. The molecule has 3 aromatic rings. The second-order valence-corrected chi connectivity index (χ2v) is 6.27. The number of nitrogens with one attached hydrogen (secondary N) is 1. The molecule has 1 heterocycles. The SMILES string of the molecule is CN(C)c1cccc(C(=O)NC(c2ccccc2F)c2nccn2C)c1. The van der Waals surface area contributed by atoms with E-state index in [2.05, 4.69) is 10.3 Å². The van der Waals surface area contributed by atoms with Crippen molar-refractivity contribution in [1.29, 1.82) is 0 Å². The van der Waals surface area contributed by atoms with E-state index < -0.39 is 6.04 Å². The second kappa shape index (κ2) is 7.39. The standard InChI is InChI=1S/C20H21FN4O/c1-24(2)15-8-6-7-14(13-15)20(26)23-18(19-22-11-12-25(19)3)16-9-4-5-10-17(16)21/h4-13,18H,1-3H3,(H,23,26). The summed E-state index contributed by atoms with van der Waals surface area (Å²) in [5, 5.41) is 2.92. The molecule has 0 bridgehead atoms. The number of halogens is 1. The van der Waals surface area contributed by atoms with Crippen LogP contribution in [0.1, 0.15) is 27.8 Å². The van der Waals surface area contributed by atoms with Gasteiger partial charge in [0, 0.05) is 50.4 Å². The summed E-state index contributed by atoms with van der Waals surface area (Å²) in [5.74, 6) is -0.111. The number of carbonyl (C=O) groups excluding carboxylic acids is 1. The van der Waals surface area contributed by atoms with E-state index in [1.807, 2.05) is 38.2 Å². The quantitative estimate of drug-likeness (QED) is 0.767. The van der Waals surface area contributed by atoms with Crippen LogP contribution in [0.25, 0.3) is 0 Å². The number of aryl methyl sites for hydroxylation is 1. The lowest BCUT2D eigenvalue weighted by atomic mass is 10.0. The number of nitrogens with zero attached hydrogens (tertiary/aromatic N) is 3. The molecule has 26 heavy (non-hydrogen) atoms. The Labute approximate surface area is 152 Å². The van der Waals surface area contributed by atoms with E-state index in [0.29, 0.717) is 17.0 Å². The highest BCUT2D eigenvalue weighted by atomic mass is 19.1.